The van der Waals surface area contributed by atoms with Crippen LogP contribution < -0.4 is 0 Å². The van der Waals surface area contributed by atoms with Crippen molar-refractivity contribution in [2.45, 2.75) is 13.3 Å². The van der Waals surface area contributed by atoms with Gasteiger partial charge in [0.15, 0.2) is 12.9 Å². The summed E-state index contributed by atoms with van der Waals surface area (Å²) in [6, 6.07) is 4.12. The van der Waals surface area contributed by atoms with Crippen LogP contribution in [0.25, 0.3) is 6.08 Å². The lowest BCUT2D eigenvalue weighted by Crippen LogP contribution is -2.33. The Balaban J connectivity index is 3.03. The third kappa shape index (κ3) is 6.42. The van der Waals surface area contributed by atoms with E-state index >= 15 is 0 Å². The van der Waals surface area contributed by atoms with Crippen LogP contribution in [0.4, 0.5) is 10.1 Å². The first-order chi connectivity index (χ1) is 13.4. The summed E-state index contributed by atoms with van der Waals surface area (Å²) in [4.78, 5) is 30.2. The number of halogens is 1. The summed E-state index contributed by atoms with van der Waals surface area (Å²) < 4.78 is 12.1. The van der Waals surface area contributed by atoms with Crippen molar-refractivity contribution >= 4 is 29.4 Å². The minimum Gasteiger partial charge on any atom is -0.504 e. The summed E-state index contributed by atoms with van der Waals surface area (Å²) >= 11 is 1.52. The van der Waals surface area contributed by atoms with Gasteiger partial charge in [0.1, 0.15) is 11.6 Å². The van der Waals surface area contributed by atoms with Crippen LogP contribution in [0.3, 0.4) is 0 Å². The van der Waals surface area contributed by atoms with Gasteiger partial charge >= 0.3 is 5.69 Å². The second kappa shape index (κ2) is 11.8. The molecule has 1 rings (SSSR count). The van der Waals surface area contributed by atoms with E-state index in [1.807, 2.05) is 6.07 Å². The Morgan fingerprint density at radius 1 is 1.43 bits per heavy atom. The van der Waals surface area contributed by atoms with Gasteiger partial charge in [-0.05, 0) is 36.8 Å². The molecular formula is C18H23FN3O5S+. The van der Waals surface area contributed by atoms with Gasteiger partial charge in [0.05, 0.1) is 11.6 Å². The number of nitrogens with zero attached hydrogens (tertiary/aromatic N) is 3. The van der Waals surface area contributed by atoms with E-state index < -0.39 is 17.4 Å². The Labute approximate surface area is 166 Å². The van der Waals surface area contributed by atoms with Gasteiger partial charge < -0.3 is 15.1 Å². The molecule has 0 fully saturated rings. The molecule has 1 amide bonds. The molecule has 0 saturated carbocycles. The first-order valence-corrected chi connectivity index (χ1v) is 9.67. The number of phenolic OH excluding ortho intramolecular Hbond substituents is 2. The Bertz CT molecular complexity index is 779. The van der Waals surface area contributed by atoms with Crippen LogP contribution in [0.15, 0.2) is 17.7 Å². The van der Waals surface area contributed by atoms with Crippen LogP contribution in [0.5, 0.6) is 11.5 Å². The fourth-order valence-corrected chi connectivity index (χ4v) is 3.13. The highest BCUT2D eigenvalue weighted by Gasteiger charge is 2.25. The number of hydrogen-bond donors (Lipinski definition) is 2. The van der Waals surface area contributed by atoms with Gasteiger partial charge in [0.25, 0.3) is 10.8 Å². The van der Waals surface area contributed by atoms with Crippen molar-refractivity contribution in [2.75, 3.05) is 38.4 Å². The summed E-state index contributed by atoms with van der Waals surface area (Å²) in [6.07, 6.45) is 1.67. The zero-order chi connectivity index (χ0) is 21.1. The molecule has 0 aliphatic carbocycles. The molecule has 10 heteroatoms. The van der Waals surface area contributed by atoms with E-state index in [0.29, 0.717) is 31.0 Å². The van der Waals surface area contributed by atoms with Gasteiger partial charge in [-0.3, -0.25) is 9.18 Å². The number of hydrogen-bond acceptors (Lipinski definition) is 7. The van der Waals surface area contributed by atoms with E-state index in [2.05, 4.69) is 4.84 Å². The van der Waals surface area contributed by atoms with Crippen molar-refractivity contribution in [3.8, 4) is 17.6 Å². The third-order valence-electron chi connectivity index (χ3n) is 3.71. The number of likely N-dealkylation sites (N-methyl/N-ethyl adjacent to an activating group) is 1. The highest BCUT2D eigenvalue weighted by atomic mass is 32.2. The number of carbonyl (C=O) groups excluding carboxylic acids is 1. The molecule has 0 aromatic heterocycles. The number of alkyl halides is 1. The van der Waals surface area contributed by atoms with Gasteiger partial charge in [0, 0.05) is 24.9 Å². The number of amides is 1. The van der Waals surface area contributed by atoms with Gasteiger partial charge in [-0.1, -0.05) is 0 Å². The number of rotatable bonds is 11. The summed E-state index contributed by atoms with van der Waals surface area (Å²) in [5.74, 6) is -0.510. The maximum atomic E-state index is 12.6. The minimum atomic E-state index is -0.681. The first kappa shape index (κ1) is 23.2. The molecule has 0 radical (unpaired) electrons. The predicted octanol–water partition coefficient (Wildman–Crippen LogP) is 2.92. The molecule has 2 N–H and O–H groups in total. The van der Waals surface area contributed by atoms with E-state index in [-0.39, 0.29) is 28.4 Å². The average molecular weight is 412 g/mol. The lowest BCUT2D eigenvalue weighted by molar-refractivity contribution is -0.736. The maximum Gasteiger partial charge on any atom is 0.362 e. The molecule has 0 aliphatic heterocycles. The fraction of sp³-hybridized carbons (Fsp3) is 0.444. The third-order valence-corrected chi connectivity index (χ3v) is 4.76. The van der Waals surface area contributed by atoms with E-state index in [9.17, 15) is 29.6 Å². The van der Waals surface area contributed by atoms with Gasteiger partial charge in [-0.15, -0.1) is 0 Å². The number of phenols is 2. The number of benzene rings is 1. The second-order valence-electron chi connectivity index (χ2n) is 5.56. The number of thioether (sulfide) groups is 1. The summed E-state index contributed by atoms with van der Waals surface area (Å²) in [5, 5.41) is 28.9. The van der Waals surface area contributed by atoms with E-state index in [1.54, 1.807) is 6.92 Å². The zero-order valence-electron chi connectivity index (χ0n) is 15.7. The SMILES string of the molecule is CCN(CCSCCCF)C(=O)/C(C#N)=C/c1cc(O)c(O)c([N+](=O)OC)c1. The maximum absolute atomic E-state index is 12.6. The van der Waals surface area contributed by atoms with Gasteiger partial charge in [-0.25, -0.2) is 4.84 Å². The molecule has 8 nitrogen and oxygen atoms in total. The molecule has 0 atom stereocenters. The molecule has 1 aromatic rings. The molecule has 0 bridgehead atoms. The predicted molar refractivity (Wildman–Crippen MR) is 104 cm³/mol. The summed E-state index contributed by atoms with van der Waals surface area (Å²) in [5.41, 5.74) is -0.391. The molecule has 0 spiro atoms. The second-order valence-corrected chi connectivity index (χ2v) is 6.78. The Morgan fingerprint density at radius 2 is 2.14 bits per heavy atom. The molecule has 0 aliphatic rings. The molecular weight excluding hydrogens is 389 g/mol. The first-order valence-electron chi connectivity index (χ1n) is 8.51. The van der Waals surface area contributed by atoms with Gasteiger partial charge in [-0.2, -0.15) is 17.0 Å². The number of aromatic hydroxyl groups is 2. The monoisotopic (exact) mass is 412 g/mol. The van der Waals surface area contributed by atoms with Crippen LogP contribution in [-0.2, 0) is 9.63 Å². The van der Waals surface area contributed by atoms with Crippen molar-refractivity contribution in [3.63, 3.8) is 0 Å². The largest absolute Gasteiger partial charge is 0.504 e. The highest BCUT2D eigenvalue weighted by Crippen LogP contribution is 2.37. The van der Waals surface area contributed by atoms with Crippen molar-refractivity contribution in [2.24, 2.45) is 0 Å². The van der Waals surface area contributed by atoms with Crippen LogP contribution in [-0.4, -0.2) is 64.3 Å². The fourth-order valence-electron chi connectivity index (χ4n) is 2.26. The standard InChI is InChI=1S/C18H22FN3O5S/c1-3-21(6-8-28-7-4-5-19)18(25)14(12-20)9-13-10-15(22(26)27-2)17(24)16(23)11-13/h9-11H,3-8H2,1-2H3,(H-,23,24,25,26)/p+1. The summed E-state index contributed by atoms with van der Waals surface area (Å²) in [7, 11) is 1.08. The Hall–Kier alpha value is -2.80. The van der Waals surface area contributed by atoms with Gasteiger partial charge in [0.2, 0.25) is 5.75 Å². The highest BCUT2D eigenvalue weighted by molar-refractivity contribution is 7.99. The molecule has 0 unspecified atom stereocenters. The van der Waals surface area contributed by atoms with Crippen molar-refractivity contribution in [1.82, 2.24) is 4.90 Å². The van der Waals surface area contributed by atoms with Crippen LogP contribution in [0, 0.1) is 16.2 Å². The quantitative estimate of drug-likeness (QED) is 0.189. The zero-order valence-corrected chi connectivity index (χ0v) is 16.5. The molecule has 0 saturated heterocycles. The van der Waals surface area contributed by atoms with Crippen molar-refractivity contribution in [3.05, 3.63) is 28.2 Å². The molecule has 152 valence electrons. The smallest absolute Gasteiger partial charge is 0.362 e. The normalized spacial score (nSPS) is 11.0. The van der Waals surface area contributed by atoms with Crippen LogP contribution >= 0.6 is 11.8 Å². The average Bonchev–Trinajstić information content (AvgIpc) is 2.70. The Kier molecular flexibility index (Phi) is 9.81. The Morgan fingerprint density at radius 3 is 2.71 bits per heavy atom. The van der Waals surface area contributed by atoms with E-state index in [4.69, 9.17) is 0 Å². The van der Waals surface area contributed by atoms with E-state index in [0.717, 1.165) is 13.2 Å². The van der Waals surface area contributed by atoms with Crippen LogP contribution in [0.1, 0.15) is 18.9 Å². The lowest BCUT2D eigenvalue weighted by atomic mass is 10.1. The van der Waals surface area contributed by atoms with E-state index in [1.165, 1.54) is 28.8 Å². The lowest BCUT2D eigenvalue weighted by Gasteiger charge is -2.20. The summed E-state index contributed by atoms with van der Waals surface area (Å²) in [6.45, 7) is 2.18. The number of nitriles is 1. The van der Waals surface area contributed by atoms with Crippen molar-refractivity contribution < 1.29 is 29.2 Å². The molecule has 28 heavy (non-hydrogen) atoms. The molecule has 1 aromatic carbocycles. The number of carbonyl (C=O) groups is 1. The van der Waals surface area contributed by atoms with Crippen LogP contribution in [0.2, 0.25) is 0 Å². The topological polar surface area (TPSA) is 114 Å². The minimum absolute atomic E-state index is 0.00669. The van der Waals surface area contributed by atoms with Crippen molar-refractivity contribution in [1.29, 1.82) is 5.26 Å². The molecule has 0 heterocycles.